The molecule has 2 aromatic rings. The van der Waals surface area contributed by atoms with Gasteiger partial charge in [0.2, 0.25) is 0 Å². The highest BCUT2D eigenvalue weighted by Gasteiger charge is 2.24. The number of aryl methyl sites for hydroxylation is 1. The van der Waals surface area contributed by atoms with Gasteiger partial charge in [-0.15, -0.1) is 0 Å². The van der Waals surface area contributed by atoms with Gasteiger partial charge in [0.15, 0.2) is 23.3 Å². The minimum atomic E-state index is -0.213. The summed E-state index contributed by atoms with van der Waals surface area (Å²) in [6, 6.07) is 13.3. The summed E-state index contributed by atoms with van der Waals surface area (Å²) in [6.45, 7) is 2.01. The monoisotopic (exact) mass is 471 g/mol. The second-order valence-corrected chi connectivity index (χ2v) is 7.86. The fourth-order valence-corrected chi connectivity index (χ4v) is 3.86. The summed E-state index contributed by atoms with van der Waals surface area (Å²) in [5, 5.41) is 12.0. The second kappa shape index (κ2) is 9.63. The predicted molar refractivity (Wildman–Crippen MR) is 118 cm³/mol. The van der Waals surface area contributed by atoms with Crippen LogP contribution in [0.5, 0.6) is 11.5 Å². The molecule has 148 valence electrons. The van der Waals surface area contributed by atoms with E-state index in [2.05, 4.69) is 33.2 Å². The number of benzene rings is 2. The van der Waals surface area contributed by atoms with Crippen LogP contribution in [-0.4, -0.2) is 24.8 Å². The van der Waals surface area contributed by atoms with Gasteiger partial charge < -0.3 is 14.8 Å². The zero-order valence-electron chi connectivity index (χ0n) is 15.9. The van der Waals surface area contributed by atoms with Crippen molar-refractivity contribution in [3.05, 3.63) is 56.9 Å². The molecule has 2 aromatic carbocycles. The number of aliphatic imine (C=N–C) groups is 1. The average Bonchev–Trinajstić information content (AvgIpc) is 3.07. The predicted octanol–water partition coefficient (Wildman–Crippen LogP) is 4.81. The molecule has 3 rings (SSSR count). The lowest BCUT2D eigenvalue weighted by molar-refractivity contribution is -0.115. The number of nitrogens with zero attached hydrogens (tertiary/aromatic N) is 2. The largest absolute Gasteiger partial charge is 0.493 e. The standard InChI is InChI=1S/C21H18BrN3O3S/c1-3-13-4-6-15(7-5-13)24-21-25-20(26)19(29-21)11-14-10-17(27-2)18(12-16(14)22)28-9-8-23/h4-7,10-12H,3,9H2,1-2H3,(H,24,25,26)/b19-11-. The van der Waals surface area contributed by atoms with Gasteiger partial charge in [-0.05, 0) is 59.7 Å². The van der Waals surface area contributed by atoms with E-state index in [1.165, 1.54) is 24.4 Å². The quantitative estimate of drug-likeness (QED) is 0.610. The summed E-state index contributed by atoms with van der Waals surface area (Å²) in [4.78, 5) is 17.4. The molecule has 29 heavy (non-hydrogen) atoms. The molecule has 8 heteroatoms. The summed E-state index contributed by atoms with van der Waals surface area (Å²) in [7, 11) is 1.52. The average molecular weight is 472 g/mol. The highest BCUT2D eigenvalue weighted by molar-refractivity contribution is 9.10. The van der Waals surface area contributed by atoms with Crippen LogP contribution in [-0.2, 0) is 11.2 Å². The van der Waals surface area contributed by atoms with Crippen molar-refractivity contribution in [3.63, 3.8) is 0 Å². The minimum absolute atomic E-state index is 0.0828. The lowest BCUT2D eigenvalue weighted by Gasteiger charge is -2.11. The molecule has 0 aromatic heterocycles. The lowest BCUT2D eigenvalue weighted by Crippen LogP contribution is -2.19. The SMILES string of the molecule is CCc1ccc(N=C2NC(=O)/C(=C/c3cc(OC)c(OCC#N)cc3Br)S2)cc1. The van der Waals surface area contributed by atoms with Gasteiger partial charge in [-0.1, -0.05) is 35.0 Å². The number of halogens is 1. The molecule has 0 bridgehead atoms. The van der Waals surface area contributed by atoms with Crippen LogP contribution in [0.25, 0.3) is 6.08 Å². The number of nitrogens with one attached hydrogen (secondary N) is 1. The number of carbonyl (C=O) groups excluding carboxylic acids is 1. The molecule has 0 saturated carbocycles. The molecule has 1 N–H and O–H groups in total. The maximum atomic E-state index is 12.4. The second-order valence-electron chi connectivity index (χ2n) is 5.97. The molecule has 0 atom stereocenters. The Morgan fingerprint density at radius 2 is 2.03 bits per heavy atom. The van der Waals surface area contributed by atoms with Crippen LogP contribution < -0.4 is 14.8 Å². The number of hydrogen-bond donors (Lipinski definition) is 1. The molecule has 1 saturated heterocycles. The van der Waals surface area contributed by atoms with Crippen molar-refractivity contribution in [1.82, 2.24) is 5.32 Å². The molecule has 1 aliphatic rings. The van der Waals surface area contributed by atoms with Crippen molar-refractivity contribution >= 4 is 50.5 Å². The van der Waals surface area contributed by atoms with Crippen molar-refractivity contribution < 1.29 is 14.3 Å². The van der Waals surface area contributed by atoms with E-state index in [0.717, 1.165) is 17.7 Å². The van der Waals surface area contributed by atoms with Gasteiger partial charge in [-0.25, -0.2) is 4.99 Å². The third-order valence-corrected chi connectivity index (χ3v) is 5.68. The Labute approximate surface area is 181 Å². The van der Waals surface area contributed by atoms with E-state index < -0.39 is 0 Å². The molecule has 0 spiro atoms. The van der Waals surface area contributed by atoms with Crippen LogP contribution >= 0.6 is 27.7 Å². The zero-order chi connectivity index (χ0) is 20.8. The number of carbonyl (C=O) groups is 1. The number of amides is 1. The van der Waals surface area contributed by atoms with E-state index in [1.54, 1.807) is 18.2 Å². The first-order valence-corrected chi connectivity index (χ1v) is 10.4. The molecular weight excluding hydrogens is 454 g/mol. The van der Waals surface area contributed by atoms with Crippen molar-refractivity contribution in [1.29, 1.82) is 5.26 Å². The maximum absolute atomic E-state index is 12.4. The van der Waals surface area contributed by atoms with Crippen LogP contribution in [0.15, 0.2) is 50.8 Å². The Morgan fingerprint density at radius 3 is 2.69 bits per heavy atom. The maximum Gasteiger partial charge on any atom is 0.264 e. The Morgan fingerprint density at radius 1 is 1.28 bits per heavy atom. The summed E-state index contributed by atoms with van der Waals surface area (Å²) in [5.74, 6) is 0.711. The van der Waals surface area contributed by atoms with Gasteiger partial charge >= 0.3 is 0 Å². The fourth-order valence-electron chi connectivity index (χ4n) is 2.59. The van der Waals surface area contributed by atoms with Gasteiger partial charge in [0, 0.05) is 4.47 Å². The third kappa shape index (κ3) is 5.19. The van der Waals surface area contributed by atoms with E-state index in [1.807, 2.05) is 30.3 Å². The summed E-state index contributed by atoms with van der Waals surface area (Å²) < 4.78 is 11.4. The topological polar surface area (TPSA) is 83.7 Å². The van der Waals surface area contributed by atoms with Gasteiger partial charge in [-0.2, -0.15) is 5.26 Å². The van der Waals surface area contributed by atoms with Crippen LogP contribution in [0.3, 0.4) is 0 Å². The molecular formula is C21H18BrN3O3S. The van der Waals surface area contributed by atoms with Crippen molar-refractivity contribution in [2.75, 3.05) is 13.7 Å². The molecule has 1 amide bonds. The highest BCUT2D eigenvalue weighted by atomic mass is 79.9. The van der Waals surface area contributed by atoms with E-state index in [0.29, 0.717) is 26.0 Å². The Balaban J connectivity index is 1.84. The molecule has 1 heterocycles. The number of methoxy groups -OCH3 is 1. The number of rotatable bonds is 6. The van der Waals surface area contributed by atoms with Gasteiger partial charge in [0.05, 0.1) is 17.7 Å². The van der Waals surface area contributed by atoms with Gasteiger partial charge in [0.25, 0.3) is 5.91 Å². The van der Waals surface area contributed by atoms with Gasteiger partial charge in [0.1, 0.15) is 6.07 Å². The molecule has 1 fully saturated rings. The number of nitriles is 1. The first kappa shape index (κ1) is 21.0. The molecule has 0 aliphatic carbocycles. The van der Waals surface area contributed by atoms with E-state index in [4.69, 9.17) is 14.7 Å². The number of hydrogen-bond acceptors (Lipinski definition) is 6. The van der Waals surface area contributed by atoms with E-state index in [9.17, 15) is 4.79 Å². The Bertz CT molecular complexity index is 1030. The summed E-state index contributed by atoms with van der Waals surface area (Å²) in [5.41, 5.74) is 2.77. The normalized spacial score (nSPS) is 16.0. The lowest BCUT2D eigenvalue weighted by atomic mass is 10.2. The van der Waals surface area contributed by atoms with E-state index in [-0.39, 0.29) is 12.5 Å². The first-order valence-electron chi connectivity index (χ1n) is 8.79. The first-order chi connectivity index (χ1) is 14.0. The number of amidine groups is 1. The molecule has 0 unspecified atom stereocenters. The van der Waals surface area contributed by atoms with Crippen LogP contribution in [0.1, 0.15) is 18.1 Å². The van der Waals surface area contributed by atoms with Crippen molar-refractivity contribution in [2.45, 2.75) is 13.3 Å². The number of ether oxygens (including phenoxy) is 2. The van der Waals surface area contributed by atoms with Crippen LogP contribution in [0.4, 0.5) is 5.69 Å². The van der Waals surface area contributed by atoms with Crippen LogP contribution in [0.2, 0.25) is 0 Å². The Kier molecular flexibility index (Phi) is 6.96. The van der Waals surface area contributed by atoms with Gasteiger partial charge in [-0.3, -0.25) is 4.79 Å². The third-order valence-electron chi connectivity index (χ3n) is 4.09. The molecule has 1 aliphatic heterocycles. The van der Waals surface area contributed by atoms with E-state index >= 15 is 0 Å². The number of thioether (sulfide) groups is 1. The summed E-state index contributed by atoms with van der Waals surface area (Å²) >= 11 is 4.75. The smallest absolute Gasteiger partial charge is 0.264 e. The van der Waals surface area contributed by atoms with Crippen LogP contribution in [0, 0.1) is 11.3 Å². The molecule has 6 nitrogen and oxygen atoms in total. The minimum Gasteiger partial charge on any atom is -0.493 e. The fraction of sp³-hybridized carbons (Fsp3) is 0.190. The summed E-state index contributed by atoms with van der Waals surface area (Å²) in [6.07, 6.45) is 2.72. The van der Waals surface area contributed by atoms with Crippen molar-refractivity contribution in [2.24, 2.45) is 4.99 Å². The zero-order valence-corrected chi connectivity index (χ0v) is 18.3. The van der Waals surface area contributed by atoms with Crippen molar-refractivity contribution in [3.8, 4) is 17.6 Å². The Hall–Kier alpha value is -2.76. The highest BCUT2D eigenvalue weighted by Crippen LogP contribution is 2.36. The molecule has 0 radical (unpaired) electrons.